The summed E-state index contributed by atoms with van der Waals surface area (Å²) in [5.74, 6) is -0.652. The number of likely N-dealkylation sites (tertiary alicyclic amines) is 1. The van der Waals surface area contributed by atoms with Gasteiger partial charge >= 0.3 is 5.97 Å². The average molecular weight is 367 g/mol. The maximum absolute atomic E-state index is 12.7. The first-order valence-electron chi connectivity index (χ1n) is 8.99. The highest BCUT2D eigenvalue weighted by atomic mass is 16.5. The van der Waals surface area contributed by atoms with Crippen molar-refractivity contribution in [2.45, 2.75) is 24.9 Å². The normalized spacial score (nSPS) is 16.6. The van der Waals surface area contributed by atoms with Gasteiger partial charge in [-0.05, 0) is 23.8 Å². The van der Waals surface area contributed by atoms with Gasteiger partial charge in [0, 0.05) is 36.7 Å². The molecule has 0 spiro atoms. The first-order valence-corrected chi connectivity index (χ1v) is 8.99. The predicted octanol–water partition coefficient (Wildman–Crippen LogP) is 2.66. The number of benzene rings is 2. The molecule has 27 heavy (non-hydrogen) atoms. The summed E-state index contributed by atoms with van der Waals surface area (Å²) in [4.78, 5) is 26.0. The Kier molecular flexibility index (Phi) is 4.36. The summed E-state index contributed by atoms with van der Waals surface area (Å²) < 4.78 is 10.5. The van der Waals surface area contributed by atoms with Crippen molar-refractivity contribution in [1.82, 2.24) is 4.90 Å². The van der Waals surface area contributed by atoms with Crippen molar-refractivity contribution >= 4 is 33.8 Å². The molecule has 1 aliphatic rings. The average Bonchev–Trinajstić information content (AvgIpc) is 3.06. The number of hydrogen-bond acceptors (Lipinski definition) is 5. The van der Waals surface area contributed by atoms with Crippen molar-refractivity contribution in [2.75, 3.05) is 20.2 Å². The first kappa shape index (κ1) is 17.5. The lowest BCUT2D eigenvalue weighted by molar-refractivity contribution is -0.168. The monoisotopic (exact) mass is 367 g/mol. The highest BCUT2D eigenvalue weighted by molar-refractivity contribution is 6.05. The number of rotatable bonds is 3. The number of carbonyl (C=O) groups is 2. The molecule has 3 aromatic rings. The van der Waals surface area contributed by atoms with E-state index in [0.29, 0.717) is 13.1 Å². The Labute approximate surface area is 156 Å². The Morgan fingerprint density at radius 2 is 1.81 bits per heavy atom. The van der Waals surface area contributed by atoms with Crippen LogP contribution in [0.25, 0.3) is 21.9 Å². The topological polar surface area (TPSA) is 80.0 Å². The quantitative estimate of drug-likeness (QED) is 0.720. The van der Waals surface area contributed by atoms with Gasteiger partial charge in [-0.3, -0.25) is 4.79 Å². The molecule has 2 heterocycles. The lowest BCUT2D eigenvalue weighted by atomic mass is 9.91. The summed E-state index contributed by atoms with van der Waals surface area (Å²) in [6.45, 7) is 0.669. The number of nitrogens with zero attached hydrogens (tertiary/aromatic N) is 1. The zero-order valence-corrected chi connectivity index (χ0v) is 15.1. The lowest BCUT2D eigenvalue weighted by Crippen LogP contribution is -2.51. The number of esters is 1. The Bertz CT molecular complexity index is 1010. The minimum atomic E-state index is -1.49. The third-order valence-corrected chi connectivity index (χ3v) is 5.31. The Hall–Kier alpha value is -2.86. The molecule has 0 unspecified atom stereocenters. The largest absolute Gasteiger partial charge is 0.467 e. The maximum Gasteiger partial charge on any atom is 0.337 e. The van der Waals surface area contributed by atoms with Crippen LogP contribution in [0, 0.1) is 0 Å². The van der Waals surface area contributed by atoms with E-state index >= 15 is 0 Å². The third kappa shape index (κ3) is 3.17. The van der Waals surface area contributed by atoms with E-state index in [4.69, 9.17) is 4.42 Å². The second kappa shape index (κ2) is 6.70. The standard InChI is InChI=1S/C21H21NO5/c1-26-20(24)21(25)8-10-22(11-9-21)19(23)13-14-6-7-18-16(12-14)15-4-2-3-5-17(15)27-18/h2-7,12,25H,8-11,13H2,1H3. The van der Waals surface area contributed by atoms with Gasteiger partial charge < -0.3 is 19.2 Å². The molecule has 4 rings (SSSR count). The molecular formula is C21H21NO5. The minimum absolute atomic E-state index is 0.0194. The number of amides is 1. The van der Waals surface area contributed by atoms with Crippen LogP contribution in [0.1, 0.15) is 18.4 Å². The molecule has 1 aromatic heterocycles. The van der Waals surface area contributed by atoms with Crippen LogP contribution >= 0.6 is 0 Å². The van der Waals surface area contributed by atoms with Crippen molar-refractivity contribution in [2.24, 2.45) is 0 Å². The number of ether oxygens (including phenoxy) is 1. The molecule has 0 bridgehead atoms. The Morgan fingerprint density at radius 1 is 1.11 bits per heavy atom. The lowest BCUT2D eigenvalue weighted by Gasteiger charge is -2.36. The molecule has 1 amide bonds. The van der Waals surface area contributed by atoms with Crippen LogP contribution in [-0.4, -0.2) is 47.7 Å². The smallest absolute Gasteiger partial charge is 0.337 e. The van der Waals surface area contributed by atoms with E-state index < -0.39 is 11.6 Å². The number of carbonyl (C=O) groups excluding carboxylic acids is 2. The predicted molar refractivity (Wildman–Crippen MR) is 100 cm³/mol. The van der Waals surface area contributed by atoms with Gasteiger partial charge in [-0.2, -0.15) is 0 Å². The molecule has 6 heteroatoms. The number of aliphatic hydroxyl groups is 1. The molecule has 0 radical (unpaired) electrons. The van der Waals surface area contributed by atoms with E-state index in [9.17, 15) is 14.7 Å². The highest BCUT2D eigenvalue weighted by Crippen LogP contribution is 2.29. The Morgan fingerprint density at radius 3 is 2.56 bits per heavy atom. The van der Waals surface area contributed by atoms with Gasteiger partial charge in [0.2, 0.25) is 5.91 Å². The van der Waals surface area contributed by atoms with Crippen LogP contribution in [0.4, 0.5) is 0 Å². The molecule has 0 saturated carbocycles. The molecule has 2 aromatic carbocycles. The highest BCUT2D eigenvalue weighted by Gasteiger charge is 2.41. The molecule has 6 nitrogen and oxygen atoms in total. The van der Waals surface area contributed by atoms with Gasteiger partial charge in [0.15, 0.2) is 5.60 Å². The van der Waals surface area contributed by atoms with E-state index in [1.165, 1.54) is 7.11 Å². The van der Waals surface area contributed by atoms with Gasteiger partial charge in [-0.1, -0.05) is 24.3 Å². The molecule has 0 aliphatic carbocycles. The van der Waals surface area contributed by atoms with Gasteiger partial charge in [0.05, 0.1) is 13.5 Å². The molecule has 0 atom stereocenters. The summed E-state index contributed by atoms with van der Waals surface area (Å²) in [6, 6.07) is 13.6. The van der Waals surface area contributed by atoms with Crippen molar-refractivity contribution in [3.05, 3.63) is 48.0 Å². The van der Waals surface area contributed by atoms with E-state index in [1.807, 2.05) is 42.5 Å². The van der Waals surface area contributed by atoms with Gasteiger partial charge in [-0.15, -0.1) is 0 Å². The fraction of sp³-hybridized carbons (Fsp3) is 0.333. The number of methoxy groups -OCH3 is 1. The van der Waals surface area contributed by atoms with Crippen LogP contribution in [0.3, 0.4) is 0 Å². The molecule has 1 fully saturated rings. The van der Waals surface area contributed by atoms with E-state index in [0.717, 1.165) is 27.5 Å². The van der Waals surface area contributed by atoms with Crippen LogP contribution in [0.2, 0.25) is 0 Å². The summed E-state index contributed by atoms with van der Waals surface area (Å²) in [5, 5.41) is 12.3. The van der Waals surface area contributed by atoms with Crippen molar-refractivity contribution in [3.63, 3.8) is 0 Å². The third-order valence-electron chi connectivity index (χ3n) is 5.31. The van der Waals surface area contributed by atoms with Crippen LogP contribution in [0.15, 0.2) is 46.9 Å². The second-order valence-electron chi connectivity index (χ2n) is 7.01. The second-order valence-corrected chi connectivity index (χ2v) is 7.01. The zero-order chi connectivity index (χ0) is 19.0. The van der Waals surface area contributed by atoms with Crippen molar-refractivity contribution < 1.29 is 23.8 Å². The van der Waals surface area contributed by atoms with Gasteiger partial charge in [-0.25, -0.2) is 4.79 Å². The summed E-state index contributed by atoms with van der Waals surface area (Å²) in [7, 11) is 1.26. The number of para-hydroxylation sites is 1. The molecule has 1 N–H and O–H groups in total. The first-order chi connectivity index (χ1) is 13.0. The van der Waals surface area contributed by atoms with Crippen LogP contribution < -0.4 is 0 Å². The zero-order valence-electron chi connectivity index (χ0n) is 15.1. The number of furan rings is 1. The van der Waals surface area contributed by atoms with E-state index in [1.54, 1.807) is 4.90 Å². The van der Waals surface area contributed by atoms with Crippen molar-refractivity contribution in [1.29, 1.82) is 0 Å². The van der Waals surface area contributed by atoms with E-state index in [2.05, 4.69) is 4.74 Å². The van der Waals surface area contributed by atoms with Crippen LogP contribution in [-0.2, 0) is 20.7 Å². The maximum atomic E-state index is 12.7. The fourth-order valence-corrected chi connectivity index (χ4v) is 3.69. The SMILES string of the molecule is COC(=O)C1(O)CCN(C(=O)Cc2ccc3oc4ccccc4c3c2)CC1. The fourth-order valence-electron chi connectivity index (χ4n) is 3.69. The summed E-state index contributed by atoms with van der Waals surface area (Å²) in [5.41, 5.74) is 1.05. The van der Waals surface area contributed by atoms with E-state index in [-0.39, 0.29) is 25.2 Å². The van der Waals surface area contributed by atoms with Crippen LogP contribution in [0.5, 0.6) is 0 Å². The molecular weight excluding hydrogens is 346 g/mol. The van der Waals surface area contributed by atoms with Gasteiger partial charge in [0.25, 0.3) is 0 Å². The molecule has 1 saturated heterocycles. The Balaban J connectivity index is 1.49. The summed E-state index contributed by atoms with van der Waals surface area (Å²) in [6.07, 6.45) is 0.653. The number of hydrogen-bond donors (Lipinski definition) is 1. The van der Waals surface area contributed by atoms with Crippen molar-refractivity contribution in [3.8, 4) is 0 Å². The minimum Gasteiger partial charge on any atom is -0.467 e. The molecule has 1 aliphatic heterocycles. The molecule has 140 valence electrons. The number of piperidine rings is 1. The number of fused-ring (bicyclic) bond motifs is 3. The van der Waals surface area contributed by atoms with Gasteiger partial charge in [0.1, 0.15) is 11.2 Å². The summed E-state index contributed by atoms with van der Waals surface area (Å²) >= 11 is 0.